The van der Waals surface area contributed by atoms with Crippen LogP contribution in [0.1, 0.15) is 18.5 Å². The summed E-state index contributed by atoms with van der Waals surface area (Å²) in [5, 5.41) is 12.1. The average molecular weight is 365 g/mol. The SMILES string of the molecule is Cc1cc(N2CCC(C(=O)O)CC2)nc(Nc2ccc(F)c(Cl)c2)n1. The van der Waals surface area contributed by atoms with E-state index in [2.05, 4.69) is 20.2 Å². The number of aliphatic carboxylic acids is 1. The molecule has 1 aromatic heterocycles. The van der Waals surface area contributed by atoms with E-state index in [0.29, 0.717) is 37.6 Å². The van der Waals surface area contributed by atoms with Crippen LogP contribution in [0.4, 0.5) is 21.8 Å². The van der Waals surface area contributed by atoms with Crippen LogP contribution in [-0.4, -0.2) is 34.1 Å². The summed E-state index contributed by atoms with van der Waals surface area (Å²) in [6.45, 7) is 3.13. The minimum absolute atomic E-state index is 0.0219. The Morgan fingerprint density at radius 3 is 2.68 bits per heavy atom. The number of benzene rings is 1. The molecule has 6 nitrogen and oxygen atoms in total. The Labute approximate surface area is 149 Å². The summed E-state index contributed by atoms with van der Waals surface area (Å²) in [6.07, 6.45) is 1.18. The molecule has 1 fully saturated rings. The first-order valence-electron chi connectivity index (χ1n) is 7.98. The van der Waals surface area contributed by atoms with Gasteiger partial charge in [-0.25, -0.2) is 9.37 Å². The normalized spacial score (nSPS) is 15.2. The van der Waals surface area contributed by atoms with Crippen molar-refractivity contribution >= 4 is 35.0 Å². The highest BCUT2D eigenvalue weighted by Gasteiger charge is 2.25. The molecule has 0 bridgehead atoms. The van der Waals surface area contributed by atoms with Gasteiger partial charge in [0.2, 0.25) is 5.95 Å². The standard InChI is InChI=1S/C17H18ClFN4O2/c1-10-8-15(23-6-4-11(5-7-23)16(24)25)22-17(20-10)21-12-2-3-14(19)13(18)9-12/h2-3,8-9,11H,4-7H2,1H3,(H,24,25)(H,20,21,22). The molecule has 0 amide bonds. The Morgan fingerprint density at radius 2 is 2.04 bits per heavy atom. The van der Waals surface area contributed by atoms with Crippen LogP contribution < -0.4 is 10.2 Å². The van der Waals surface area contributed by atoms with E-state index in [0.717, 1.165) is 11.5 Å². The molecule has 8 heteroatoms. The van der Waals surface area contributed by atoms with E-state index < -0.39 is 11.8 Å². The molecule has 0 unspecified atom stereocenters. The van der Waals surface area contributed by atoms with Crippen molar-refractivity contribution < 1.29 is 14.3 Å². The number of carboxylic acids is 1. The number of carboxylic acid groups (broad SMARTS) is 1. The van der Waals surface area contributed by atoms with Gasteiger partial charge in [-0.05, 0) is 38.0 Å². The highest BCUT2D eigenvalue weighted by molar-refractivity contribution is 6.31. The Kier molecular flexibility index (Phi) is 5.03. The van der Waals surface area contributed by atoms with E-state index in [1.165, 1.54) is 12.1 Å². The fourth-order valence-electron chi connectivity index (χ4n) is 2.83. The maximum absolute atomic E-state index is 13.3. The molecule has 3 rings (SSSR count). The van der Waals surface area contributed by atoms with E-state index in [1.54, 1.807) is 6.07 Å². The molecule has 0 atom stereocenters. The average Bonchev–Trinajstić information content (AvgIpc) is 2.58. The van der Waals surface area contributed by atoms with Gasteiger partial charge in [0.1, 0.15) is 11.6 Å². The summed E-state index contributed by atoms with van der Waals surface area (Å²) in [6, 6.07) is 6.17. The van der Waals surface area contributed by atoms with Gasteiger partial charge in [-0.3, -0.25) is 4.79 Å². The zero-order chi connectivity index (χ0) is 18.0. The maximum Gasteiger partial charge on any atom is 0.306 e. The second-order valence-corrected chi connectivity index (χ2v) is 6.45. The number of halogens is 2. The number of hydrogen-bond donors (Lipinski definition) is 2. The lowest BCUT2D eigenvalue weighted by Gasteiger charge is -2.31. The van der Waals surface area contributed by atoms with Crippen LogP contribution in [0, 0.1) is 18.7 Å². The fraction of sp³-hybridized carbons (Fsp3) is 0.353. The predicted molar refractivity (Wildman–Crippen MR) is 94.0 cm³/mol. The Bertz CT molecular complexity index is 794. The van der Waals surface area contributed by atoms with E-state index in [4.69, 9.17) is 16.7 Å². The summed E-state index contributed by atoms with van der Waals surface area (Å²) in [5.74, 6) is -0.392. The van der Waals surface area contributed by atoms with Gasteiger partial charge in [0.25, 0.3) is 0 Å². The third-order valence-electron chi connectivity index (χ3n) is 4.18. The summed E-state index contributed by atoms with van der Waals surface area (Å²) in [4.78, 5) is 22.0. The van der Waals surface area contributed by atoms with Gasteiger partial charge in [-0.2, -0.15) is 4.98 Å². The number of piperidine rings is 1. The van der Waals surface area contributed by atoms with Crippen molar-refractivity contribution in [2.75, 3.05) is 23.3 Å². The molecular weight excluding hydrogens is 347 g/mol. The van der Waals surface area contributed by atoms with E-state index >= 15 is 0 Å². The van der Waals surface area contributed by atoms with Crippen molar-refractivity contribution in [3.63, 3.8) is 0 Å². The van der Waals surface area contributed by atoms with Crippen LogP contribution in [0.5, 0.6) is 0 Å². The molecule has 2 heterocycles. The summed E-state index contributed by atoms with van der Waals surface area (Å²) >= 11 is 5.79. The highest BCUT2D eigenvalue weighted by Crippen LogP contribution is 2.25. The second kappa shape index (κ2) is 7.23. The molecule has 2 N–H and O–H groups in total. The number of nitrogens with zero attached hydrogens (tertiary/aromatic N) is 3. The van der Waals surface area contributed by atoms with Crippen LogP contribution in [0.25, 0.3) is 0 Å². The third-order valence-corrected chi connectivity index (χ3v) is 4.47. The van der Waals surface area contributed by atoms with Crippen molar-refractivity contribution in [1.82, 2.24) is 9.97 Å². The molecule has 1 saturated heterocycles. The molecule has 0 aliphatic carbocycles. The number of aryl methyl sites for hydroxylation is 1. The lowest BCUT2D eigenvalue weighted by molar-refractivity contribution is -0.142. The summed E-state index contributed by atoms with van der Waals surface area (Å²) in [7, 11) is 0. The van der Waals surface area contributed by atoms with Crippen molar-refractivity contribution in [1.29, 1.82) is 0 Å². The minimum Gasteiger partial charge on any atom is -0.481 e. The van der Waals surface area contributed by atoms with Gasteiger partial charge < -0.3 is 15.3 Å². The molecule has 2 aromatic rings. The van der Waals surface area contributed by atoms with Gasteiger partial charge in [0.05, 0.1) is 10.9 Å². The quantitative estimate of drug-likeness (QED) is 0.862. The van der Waals surface area contributed by atoms with E-state index in [-0.39, 0.29) is 10.9 Å². The highest BCUT2D eigenvalue weighted by atomic mass is 35.5. The van der Waals surface area contributed by atoms with Crippen LogP contribution in [-0.2, 0) is 4.79 Å². The van der Waals surface area contributed by atoms with Crippen LogP contribution in [0.2, 0.25) is 5.02 Å². The smallest absolute Gasteiger partial charge is 0.306 e. The molecular formula is C17H18ClFN4O2. The largest absolute Gasteiger partial charge is 0.481 e. The Hall–Kier alpha value is -2.41. The van der Waals surface area contributed by atoms with Crippen LogP contribution >= 0.6 is 11.6 Å². The summed E-state index contributed by atoms with van der Waals surface area (Å²) < 4.78 is 13.3. The summed E-state index contributed by atoms with van der Waals surface area (Å²) in [5.41, 5.74) is 1.37. The Morgan fingerprint density at radius 1 is 1.32 bits per heavy atom. The monoisotopic (exact) mass is 364 g/mol. The lowest BCUT2D eigenvalue weighted by atomic mass is 9.97. The molecule has 0 radical (unpaired) electrons. The topological polar surface area (TPSA) is 78.4 Å². The third kappa shape index (κ3) is 4.17. The predicted octanol–water partition coefficient (Wildman–Crippen LogP) is 3.62. The number of nitrogens with one attached hydrogen (secondary N) is 1. The first-order valence-corrected chi connectivity index (χ1v) is 8.35. The van der Waals surface area contributed by atoms with Crippen molar-refractivity contribution in [3.8, 4) is 0 Å². The van der Waals surface area contributed by atoms with Gasteiger partial charge in [0.15, 0.2) is 0 Å². The second-order valence-electron chi connectivity index (χ2n) is 6.04. The van der Waals surface area contributed by atoms with Gasteiger partial charge in [-0.1, -0.05) is 11.6 Å². The van der Waals surface area contributed by atoms with Gasteiger partial charge in [-0.15, -0.1) is 0 Å². The Balaban J connectivity index is 1.76. The number of carbonyl (C=O) groups is 1. The van der Waals surface area contributed by atoms with Crippen LogP contribution in [0.15, 0.2) is 24.3 Å². The zero-order valence-electron chi connectivity index (χ0n) is 13.7. The number of aromatic nitrogens is 2. The van der Waals surface area contributed by atoms with Gasteiger partial charge >= 0.3 is 5.97 Å². The maximum atomic E-state index is 13.3. The molecule has 0 spiro atoms. The van der Waals surface area contributed by atoms with E-state index in [9.17, 15) is 9.18 Å². The van der Waals surface area contributed by atoms with Crippen molar-refractivity contribution in [2.24, 2.45) is 5.92 Å². The fourth-order valence-corrected chi connectivity index (χ4v) is 3.01. The first kappa shape index (κ1) is 17.4. The molecule has 1 aliphatic heterocycles. The number of hydrogen-bond acceptors (Lipinski definition) is 5. The van der Waals surface area contributed by atoms with Gasteiger partial charge in [0, 0.05) is 30.5 Å². The number of anilines is 3. The molecule has 1 aliphatic rings. The molecule has 1 aromatic carbocycles. The molecule has 25 heavy (non-hydrogen) atoms. The molecule has 0 saturated carbocycles. The van der Waals surface area contributed by atoms with Crippen LogP contribution in [0.3, 0.4) is 0 Å². The van der Waals surface area contributed by atoms with E-state index in [1.807, 2.05) is 13.0 Å². The van der Waals surface area contributed by atoms with Crippen molar-refractivity contribution in [3.05, 3.63) is 40.8 Å². The zero-order valence-corrected chi connectivity index (χ0v) is 14.4. The number of rotatable bonds is 4. The van der Waals surface area contributed by atoms with Crippen molar-refractivity contribution in [2.45, 2.75) is 19.8 Å². The minimum atomic E-state index is -0.742. The molecule has 132 valence electrons. The lowest BCUT2D eigenvalue weighted by Crippen LogP contribution is -2.36. The first-order chi connectivity index (χ1) is 11.9.